The van der Waals surface area contributed by atoms with Crippen LogP contribution in [0.5, 0.6) is 0 Å². The minimum absolute atomic E-state index is 0.106. The lowest BCUT2D eigenvalue weighted by molar-refractivity contribution is 0.0735. The number of pyridine rings is 1. The van der Waals surface area contributed by atoms with Gasteiger partial charge >= 0.3 is 0 Å². The summed E-state index contributed by atoms with van der Waals surface area (Å²) in [5.41, 5.74) is 0.686. The SMILES string of the molecule is O=C(c1cccnc1)N1C[C@H]2CC[C@@H](C1)N(Cc1ncc[nH]1)C2. The van der Waals surface area contributed by atoms with E-state index in [0.29, 0.717) is 17.5 Å². The molecule has 23 heavy (non-hydrogen) atoms. The highest BCUT2D eigenvalue weighted by Crippen LogP contribution is 2.29. The number of nitrogens with zero attached hydrogens (tertiary/aromatic N) is 4. The van der Waals surface area contributed by atoms with Crippen LogP contribution in [0.2, 0.25) is 0 Å². The van der Waals surface area contributed by atoms with Crippen LogP contribution in [-0.2, 0) is 6.54 Å². The molecule has 2 atom stereocenters. The summed E-state index contributed by atoms with van der Waals surface area (Å²) in [6.45, 7) is 3.52. The highest BCUT2D eigenvalue weighted by Gasteiger charge is 2.36. The molecule has 0 spiro atoms. The van der Waals surface area contributed by atoms with Crippen LogP contribution in [0.3, 0.4) is 0 Å². The van der Waals surface area contributed by atoms with E-state index in [9.17, 15) is 4.79 Å². The van der Waals surface area contributed by atoms with Crippen molar-refractivity contribution >= 4 is 5.91 Å². The van der Waals surface area contributed by atoms with Gasteiger partial charge in [-0.2, -0.15) is 0 Å². The van der Waals surface area contributed by atoms with E-state index in [0.717, 1.165) is 38.4 Å². The van der Waals surface area contributed by atoms with Crippen molar-refractivity contribution in [1.82, 2.24) is 24.8 Å². The largest absolute Gasteiger partial charge is 0.348 e. The number of aromatic nitrogens is 3. The molecule has 3 aliphatic rings. The first-order valence-electron chi connectivity index (χ1n) is 8.21. The van der Waals surface area contributed by atoms with E-state index < -0.39 is 0 Å². The lowest BCUT2D eigenvalue weighted by Gasteiger charge is -2.35. The third-order valence-electron chi connectivity index (χ3n) is 4.93. The fraction of sp³-hybridized carbons (Fsp3) is 0.471. The first kappa shape index (κ1) is 14.4. The quantitative estimate of drug-likeness (QED) is 0.934. The Bertz CT molecular complexity index is 657. The second-order valence-corrected chi connectivity index (χ2v) is 6.51. The van der Waals surface area contributed by atoms with Crippen LogP contribution in [0.4, 0.5) is 0 Å². The Morgan fingerprint density at radius 2 is 2.22 bits per heavy atom. The number of piperidine rings is 1. The Morgan fingerprint density at radius 1 is 1.26 bits per heavy atom. The van der Waals surface area contributed by atoms with Crippen molar-refractivity contribution in [2.75, 3.05) is 19.6 Å². The number of carbonyl (C=O) groups excluding carboxylic acids is 1. The maximum Gasteiger partial charge on any atom is 0.255 e. The van der Waals surface area contributed by atoms with Crippen molar-refractivity contribution in [1.29, 1.82) is 0 Å². The molecule has 5 rings (SSSR count). The van der Waals surface area contributed by atoms with Gasteiger partial charge in [0.15, 0.2) is 0 Å². The number of fused-ring (bicyclic) bond motifs is 4. The number of aromatic amines is 1. The van der Waals surface area contributed by atoms with Crippen molar-refractivity contribution < 1.29 is 4.79 Å². The highest BCUT2D eigenvalue weighted by molar-refractivity contribution is 5.93. The summed E-state index contributed by atoms with van der Waals surface area (Å²) in [5, 5.41) is 0. The van der Waals surface area contributed by atoms with E-state index in [2.05, 4.69) is 19.9 Å². The number of hydrogen-bond acceptors (Lipinski definition) is 4. The van der Waals surface area contributed by atoms with Gasteiger partial charge in [0.2, 0.25) is 0 Å². The van der Waals surface area contributed by atoms with E-state index in [1.165, 1.54) is 6.42 Å². The molecule has 3 saturated heterocycles. The summed E-state index contributed by atoms with van der Waals surface area (Å²) in [6.07, 6.45) is 9.38. The van der Waals surface area contributed by atoms with Gasteiger partial charge < -0.3 is 9.88 Å². The van der Waals surface area contributed by atoms with Crippen LogP contribution in [0, 0.1) is 5.92 Å². The summed E-state index contributed by atoms with van der Waals surface area (Å²) in [4.78, 5) is 28.8. The summed E-state index contributed by atoms with van der Waals surface area (Å²) >= 11 is 0. The zero-order valence-corrected chi connectivity index (χ0v) is 13.1. The standard InChI is InChI=1S/C17H21N5O/c23-17(14-2-1-5-18-8-14)22-10-13-3-4-15(11-22)21(9-13)12-16-19-6-7-20-16/h1-2,5-8,13,15H,3-4,9-12H2,(H,19,20)/t13-,15-/m0/s1. The van der Waals surface area contributed by atoms with Crippen LogP contribution in [0.1, 0.15) is 29.0 Å². The topological polar surface area (TPSA) is 65.1 Å². The number of carbonyl (C=O) groups is 1. The fourth-order valence-corrected chi connectivity index (χ4v) is 3.79. The van der Waals surface area contributed by atoms with E-state index in [-0.39, 0.29) is 5.91 Å². The zero-order valence-electron chi connectivity index (χ0n) is 13.1. The van der Waals surface area contributed by atoms with E-state index in [4.69, 9.17) is 0 Å². The van der Waals surface area contributed by atoms with Crippen LogP contribution < -0.4 is 0 Å². The molecule has 3 aliphatic heterocycles. The number of H-pyrrole nitrogens is 1. The molecular weight excluding hydrogens is 290 g/mol. The van der Waals surface area contributed by atoms with Gasteiger partial charge in [0, 0.05) is 50.5 Å². The van der Waals surface area contributed by atoms with Crippen molar-refractivity contribution in [2.45, 2.75) is 25.4 Å². The molecule has 2 bridgehead atoms. The van der Waals surface area contributed by atoms with Crippen LogP contribution in [-0.4, -0.2) is 56.3 Å². The predicted molar refractivity (Wildman–Crippen MR) is 85.7 cm³/mol. The van der Waals surface area contributed by atoms with Gasteiger partial charge in [0.05, 0.1) is 12.1 Å². The molecular formula is C17H21N5O. The predicted octanol–water partition coefficient (Wildman–Crippen LogP) is 1.54. The van der Waals surface area contributed by atoms with Crippen LogP contribution in [0.15, 0.2) is 36.9 Å². The Hall–Kier alpha value is -2.21. The molecule has 2 aromatic heterocycles. The second kappa shape index (κ2) is 6.12. The molecule has 0 aromatic carbocycles. The molecule has 0 unspecified atom stereocenters. The van der Waals surface area contributed by atoms with Crippen molar-refractivity contribution in [3.8, 4) is 0 Å². The number of hydrogen-bond donors (Lipinski definition) is 1. The number of amides is 1. The molecule has 3 fully saturated rings. The zero-order chi connectivity index (χ0) is 15.6. The maximum absolute atomic E-state index is 12.7. The van der Waals surface area contributed by atoms with Gasteiger partial charge in [-0.25, -0.2) is 4.98 Å². The second-order valence-electron chi connectivity index (χ2n) is 6.51. The first-order valence-corrected chi connectivity index (χ1v) is 8.21. The number of imidazole rings is 1. The van der Waals surface area contributed by atoms with Gasteiger partial charge in [-0.05, 0) is 30.9 Å². The Labute approximate surface area is 135 Å². The Morgan fingerprint density at radius 3 is 3.00 bits per heavy atom. The molecule has 1 N–H and O–H groups in total. The fourth-order valence-electron chi connectivity index (χ4n) is 3.79. The molecule has 6 heteroatoms. The average Bonchev–Trinajstić information content (AvgIpc) is 2.93. The summed E-state index contributed by atoms with van der Waals surface area (Å²) < 4.78 is 0. The Balaban J connectivity index is 1.50. The average molecular weight is 311 g/mol. The maximum atomic E-state index is 12.7. The molecule has 6 nitrogen and oxygen atoms in total. The lowest BCUT2D eigenvalue weighted by Crippen LogP contribution is -2.44. The van der Waals surface area contributed by atoms with E-state index >= 15 is 0 Å². The molecule has 5 heterocycles. The van der Waals surface area contributed by atoms with Crippen molar-refractivity contribution in [3.05, 3.63) is 48.3 Å². The van der Waals surface area contributed by atoms with Crippen molar-refractivity contribution in [3.63, 3.8) is 0 Å². The highest BCUT2D eigenvalue weighted by atomic mass is 16.2. The molecule has 2 aromatic rings. The van der Waals surface area contributed by atoms with E-state index in [1.54, 1.807) is 18.6 Å². The summed E-state index contributed by atoms with van der Waals surface area (Å²) in [7, 11) is 0. The smallest absolute Gasteiger partial charge is 0.255 e. The monoisotopic (exact) mass is 311 g/mol. The van der Waals surface area contributed by atoms with Gasteiger partial charge in [-0.3, -0.25) is 14.7 Å². The minimum Gasteiger partial charge on any atom is -0.348 e. The first-order chi connectivity index (χ1) is 11.3. The molecule has 0 radical (unpaired) electrons. The van der Waals surface area contributed by atoms with Gasteiger partial charge in [-0.15, -0.1) is 0 Å². The minimum atomic E-state index is 0.106. The molecule has 120 valence electrons. The number of nitrogens with one attached hydrogen (secondary N) is 1. The van der Waals surface area contributed by atoms with E-state index in [1.807, 2.05) is 23.2 Å². The van der Waals surface area contributed by atoms with Gasteiger partial charge in [0.25, 0.3) is 5.91 Å². The third-order valence-corrected chi connectivity index (χ3v) is 4.93. The molecule has 0 saturated carbocycles. The molecule has 1 amide bonds. The Kier molecular flexibility index (Phi) is 3.83. The van der Waals surface area contributed by atoms with Crippen LogP contribution >= 0.6 is 0 Å². The van der Waals surface area contributed by atoms with Crippen molar-refractivity contribution in [2.24, 2.45) is 5.92 Å². The molecule has 0 aliphatic carbocycles. The summed E-state index contributed by atoms with van der Waals surface area (Å²) in [6, 6.07) is 4.09. The third kappa shape index (κ3) is 2.99. The normalized spacial score (nSPS) is 24.6. The number of rotatable bonds is 3. The van der Waals surface area contributed by atoms with Gasteiger partial charge in [-0.1, -0.05) is 0 Å². The lowest BCUT2D eigenvalue weighted by atomic mass is 9.95. The van der Waals surface area contributed by atoms with Gasteiger partial charge in [0.1, 0.15) is 5.82 Å². The van der Waals surface area contributed by atoms with Crippen LogP contribution in [0.25, 0.3) is 0 Å². The summed E-state index contributed by atoms with van der Waals surface area (Å²) in [5.74, 6) is 1.65.